The van der Waals surface area contributed by atoms with Crippen molar-refractivity contribution in [1.82, 2.24) is 0 Å². The van der Waals surface area contributed by atoms with Gasteiger partial charge in [0.2, 0.25) is 0 Å². The fourth-order valence-corrected chi connectivity index (χ4v) is 6.93. The van der Waals surface area contributed by atoms with Crippen molar-refractivity contribution in [2.24, 2.45) is 0 Å². The van der Waals surface area contributed by atoms with E-state index in [2.05, 4.69) is 0 Å². The van der Waals surface area contributed by atoms with Crippen LogP contribution in [0.4, 0.5) is 0 Å². The Hall–Kier alpha value is -6.18. The van der Waals surface area contributed by atoms with Crippen LogP contribution in [0, 0.1) is 0 Å². The van der Waals surface area contributed by atoms with Crippen molar-refractivity contribution in [3.8, 4) is 33.4 Å². The molecule has 0 aliphatic carbocycles. The summed E-state index contributed by atoms with van der Waals surface area (Å²) in [6, 6.07) is 19.3. The zero-order chi connectivity index (χ0) is 43.1. The highest BCUT2D eigenvalue weighted by atomic mass is 16.3. The molecule has 1 nitrogen and oxygen atoms in total. The summed E-state index contributed by atoms with van der Waals surface area (Å²) in [4.78, 5) is 0. The van der Waals surface area contributed by atoms with Gasteiger partial charge in [0.05, 0.1) is 19.2 Å². The molecular formula is C46H28O. The smallest absolute Gasteiger partial charge is 0.136 e. The summed E-state index contributed by atoms with van der Waals surface area (Å²) < 4.78 is 128. The zero-order valence-electron chi connectivity index (χ0n) is 38.5. The van der Waals surface area contributed by atoms with Crippen molar-refractivity contribution in [2.45, 2.75) is 0 Å². The lowest BCUT2D eigenvalue weighted by molar-refractivity contribution is 0.669. The van der Waals surface area contributed by atoms with E-state index < -0.39 is 66.5 Å². The second-order valence-corrected chi connectivity index (χ2v) is 11.3. The summed E-state index contributed by atoms with van der Waals surface area (Å²) in [5.41, 5.74) is 3.52. The fraction of sp³-hybridized carbons (Fsp3) is 0. The summed E-state index contributed by atoms with van der Waals surface area (Å²) in [7, 11) is 0. The molecule has 1 heterocycles. The van der Waals surface area contributed by atoms with Crippen molar-refractivity contribution >= 4 is 65.0 Å². The minimum Gasteiger partial charge on any atom is -0.456 e. The molecule has 47 heavy (non-hydrogen) atoms. The Morgan fingerprint density at radius 3 is 1.74 bits per heavy atom. The summed E-state index contributed by atoms with van der Waals surface area (Å²) in [5.74, 6) is 0. The molecule has 0 bridgehead atoms. The lowest BCUT2D eigenvalue weighted by atomic mass is 9.83. The third-order valence-corrected chi connectivity index (χ3v) is 8.86. The lowest BCUT2D eigenvalue weighted by Gasteiger charge is -2.20. The molecular weight excluding hydrogens is 569 g/mol. The normalized spacial score (nSPS) is 16.0. The first kappa shape index (κ1) is 15.9. The van der Waals surface area contributed by atoms with Crippen molar-refractivity contribution in [3.63, 3.8) is 0 Å². The number of benzene rings is 9. The molecule has 0 fully saturated rings. The molecule has 10 aromatic rings. The zero-order valence-corrected chi connectivity index (χ0v) is 24.5. The van der Waals surface area contributed by atoms with E-state index in [-0.39, 0.29) is 50.8 Å². The fourth-order valence-electron chi connectivity index (χ4n) is 6.93. The van der Waals surface area contributed by atoms with E-state index >= 15 is 0 Å². The quantitative estimate of drug-likeness (QED) is 0.143. The molecule has 0 N–H and O–H groups in total. The standard InChI is InChI=1S/C46H28O/c1-2-13-29(14-3-1)30-25-26-39-43(28-30)47-42-24-12-23-40(46(39)42)44-35-19-8-10-21-37(35)45(38-22-11-9-20-36(38)44)41-27-31-15-4-5-16-32(31)33-17-6-7-18-34(33)41/h1-28H/i1D,2D,3D,4D,5D,6D,7D,13D,14D,15D,16D,17D,18D,27D. The molecule has 9 aromatic carbocycles. The second-order valence-electron chi connectivity index (χ2n) is 11.3. The first-order valence-corrected chi connectivity index (χ1v) is 15.0. The molecule has 0 spiro atoms. The van der Waals surface area contributed by atoms with Gasteiger partial charge >= 0.3 is 0 Å². The molecule has 218 valence electrons. The minimum atomic E-state index is -0.579. The topological polar surface area (TPSA) is 13.1 Å². The van der Waals surface area contributed by atoms with Gasteiger partial charge in [-0.15, -0.1) is 0 Å². The van der Waals surface area contributed by atoms with Gasteiger partial charge in [0.15, 0.2) is 0 Å². The number of fused-ring (bicyclic) bond motifs is 8. The number of rotatable bonds is 3. The third kappa shape index (κ3) is 3.90. The molecule has 0 unspecified atom stereocenters. The van der Waals surface area contributed by atoms with Crippen molar-refractivity contribution in [3.05, 3.63) is 170 Å². The summed E-state index contributed by atoms with van der Waals surface area (Å²) in [6.07, 6.45) is 0. The van der Waals surface area contributed by atoms with Crippen LogP contribution in [0.1, 0.15) is 19.2 Å². The van der Waals surface area contributed by atoms with E-state index in [1.54, 1.807) is 12.1 Å². The third-order valence-electron chi connectivity index (χ3n) is 8.86. The largest absolute Gasteiger partial charge is 0.456 e. The van der Waals surface area contributed by atoms with Gasteiger partial charge in [-0.3, -0.25) is 0 Å². The number of furan rings is 1. The van der Waals surface area contributed by atoms with Crippen LogP contribution < -0.4 is 0 Å². The van der Waals surface area contributed by atoms with Crippen LogP contribution in [0.25, 0.3) is 98.4 Å². The SMILES string of the molecule is [2H]c1c([2H])c([2H])c(-c2ccc3c(c2)oc2cccc(-c4c5ccccc5c(-c5c([2H])c6c([2H])c([2H])c([2H])c([2H])c6c6c([2H])c([2H])c([2H])c([2H])c56)c5ccccc45)c23)c([2H])c1[2H]. The Bertz CT molecular complexity index is 3560. The van der Waals surface area contributed by atoms with Crippen LogP contribution in [-0.4, -0.2) is 0 Å². The van der Waals surface area contributed by atoms with E-state index in [0.29, 0.717) is 38.5 Å². The maximum atomic E-state index is 9.77. The predicted molar refractivity (Wildman–Crippen MR) is 200 cm³/mol. The highest BCUT2D eigenvalue weighted by Gasteiger charge is 2.21. The van der Waals surface area contributed by atoms with Crippen molar-refractivity contribution < 1.29 is 23.6 Å². The van der Waals surface area contributed by atoms with Crippen LogP contribution in [0.15, 0.2) is 174 Å². The average molecular weight is 611 g/mol. The van der Waals surface area contributed by atoms with Gasteiger partial charge in [-0.25, -0.2) is 0 Å². The van der Waals surface area contributed by atoms with Gasteiger partial charge in [0.1, 0.15) is 11.2 Å². The van der Waals surface area contributed by atoms with Crippen LogP contribution in [0.5, 0.6) is 0 Å². The molecule has 1 aromatic heterocycles. The monoisotopic (exact) mass is 610 g/mol. The van der Waals surface area contributed by atoms with Crippen LogP contribution >= 0.6 is 0 Å². The van der Waals surface area contributed by atoms with Gasteiger partial charge in [-0.05, 0) is 101 Å². The van der Waals surface area contributed by atoms with Gasteiger partial charge < -0.3 is 4.42 Å². The average Bonchev–Trinajstić information content (AvgIpc) is 3.65. The van der Waals surface area contributed by atoms with E-state index in [4.69, 9.17) is 20.9 Å². The molecule has 0 saturated carbocycles. The van der Waals surface area contributed by atoms with Crippen molar-refractivity contribution in [1.29, 1.82) is 0 Å². The Labute approximate surface area is 291 Å². The van der Waals surface area contributed by atoms with E-state index in [9.17, 15) is 2.74 Å². The maximum absolute atomic E-state index is 9.77. The Kier molecular flexibility index (Phi) is 3.44. The maximum Gasteiger partial charge on any atom is 0.136 e. The minimum absolute atomic E-state index is 0.0329. The van der Waals surface area contributed by atoms with Crippen molar-refractivity contribution in [2.75, 3.05) is 0 Å². The summed E-state index contributed by atoms with van der Waals surface area (Å²) >= 11 is 0. The van der Waals surface area contributed by atoms with Gasteiger partial charge in [0, 0.05) is 10.8 Å². The van der Waals surface area contributed by atoms with Crippen LogP contribution in [0.3, 0.4) is 0 Å². The first-order chi connectivity index (χ1) is 29.1. The Balaban J connectivity index is 1.34. The van der Waals surface area contributed by atoms with Crippen LogP contribution in [0.2, 0.25) is 0 Å². The van der Waals surface area contributed by atoms with Crippen LogP contribution in [-0.2, 0) is 0 Å². The Morgan fingerprint density at radius 1 is 0.404 bits per heavy atom. The molecule has 0 radical (unpaired) electrons. The summed E-state index contributed by atoms with van der Waals surface area (Å²) in [5, 5.41) is 3.68. The molecule has 10 rings (SSSR count). The number of hydrogen-bond donors (Lipinski definition) is 0. The van der Waals surface area contributed by atoms with Gasteiger partial charge in [-0.1, -0.05) is 145 Å². The Morgan fingerprint density at radius 2 is 1.02 bits per heavy atom. The predicted octanol–water partition coefficient (Wildman–Crippen LogP) is 13.2. The molecule has 1 heteroatoms. The highest BCUT2D eigenvalue weighted by Crippen LogP contribution is 2.48. The molecule has 0 amide bonds. The van der Waals surface area contributed by atoms with Gasteiger partial charge in [0.25, 0.3) is 0 Å². The van der Waals surface area contributed by atoms with Gasteiger partial charge in [-0.2, -0.15) is 0 Å². The molecule has 0 aliphatic rings. The van der Waals surface area contributed by atoms with E-state index in [0.717, 1.165) is 27.3 Å². The summed E-state index contributed by atoms with van der Waals surface area (Å²) in [6.45, 7) is 0. The first-order valence-electron chi connectivity index (χ1n) is 22.0. The molecule has 0 saturated heterocycles. The van der Waals surface area contributed by atoms with E-state index in [1.807, 2.05) is 72.8 Å². The second kappa shape index (κ2) is 10.2. The number of hydrogen-bond acceptors (Lipinski definition) is 1. The van der Waals surface area contributed by atoms with E-state index in [1.165, 1.54) is 0 Å². The molecule has 0 aliphatic heterocycles. The molecule has 0 atom stereocenters. The lowest BCUT2D eigenvalue weighted by Crippen LogP contribution is -1.92. The highest BCUT2D eigenvalue weighted by molar-refractivity contribution is 6.28.